The monoisotopic (exact) mass is 594 g/mol. The van der Waals surface area contributed by atoms with E-state index in [0.717, 1.165) is 22.0 Å². The van der Waals surface area contributed by atoms with E-state index in [2.05, 4.69) is 26.3 Å². The number of aromatic nitrogens is 1. The molecule has 3 atom stereocenters. The second-order valence-corrected chi connectivity index (χ2v) is 10.7. The van der Waals surface area contributed by atoms with E-state index in [1.54, 1.807) is 18.3 Å². The molecule has 0 saturated carbocycles. The Balaban J connectivity index is 1.57. The second-order valence-electron chi connectivity index (χ2n) is 10.7. The van der Waals surface area contributed by atoms with Crippen LogP contribution in [0.2, 0.25) is 0 Å². The van der Waals surface area contributed by atoms with Crippen molar-refractivity contribution in [2.75, 3.05) is 13.1 Å². The van der Waals surface area contributed by atoms with Gasteiger partial charge in [-0.25, -0.2) is 4.79 Å². The van der Waals surface area contributed by atoms with E-state index in [-0.39, 0.29) is 30.9 Å². The number of para-hydroxylation sites is 1. The summed E-state index contributed by atoms with van der Waals surface area (Å²) < 4.78 is 0. The van der Waals surface area contributed by atoms with Crippen molar-refractivity contribution in [1.29, 1.82) is 0 Å². The van der Waals surface area contributed by atoms with Gasteiger partial charge >= 0.3 is 5.97 Å². The molecule has 0 aliphatic heterocycles. The molecule has 0 unspecified atom stereocenters. The molecule has 1 heterocycles. The van der Waals surface area contributed by atoms with Gasteiger partial charge in [0.05, 0.1) is 19.1 Å². The van der Waals surface area contributed by atoms with Crippen LogP contribution in [-0.2, 0) is 36.8 Å². The zero-order valence-corrected chi connectivity index (χ0v) is 24.1. The van der Waals surface area contributed by atoms with E-state index < -0.39 is 60.8 Å². The highest BCUT2D eigenvalue weighted by atomic mass is 16.4. The van der Waals surface area contributed by atoms with Crippen LogP contribution in [-0.4, -0.2) is 76.0 Å². The first-order valence-electron chi connectivity index (χ1n) is 13.9. The largest absolute Gasteiger partial charge is 0.508 e. The van der Waals surface area contributed by atoms with Crippen LogP contribution in [0.1, 0.15) is 31.4 Å². The van der Waals surface area contributed by atoms with Crippen LogP contribution in [0.4, 0.5) is 0 Å². The van der Waals surface area contributed by atoms with E-state index in [1.165, 1.54) is 12.1 Å². The van der Waals surface area contributed by atoms with E-state index in [9.17, 15) is 34.2 Å². The van der Waals surface area contributed by atoms with Gasteiger partial charge in [-0.3, -0.25) is 19.2 Å². The number of hydrogen-bond donors (Lipinski definition) is 8. The summed E-state index contributed by atoms with van der Waals surface area (Å²) in [4.78, 5) is 65.4. The SMILES string of the molecule is CC(C)C[C@H](NC(=O)[C@H](Cc1c[nH]c2ccccc12)NC(=O)CNC(=O)CNC(=O)[C@@H](N)Cc1ccc(O)cc1)C(=O)O. The topological polar surface area (TPSA) is 216 Å². The maximum atomic E-state index is 13.2. The summed E-state index contributed by atoms with van der Waals surface area (Å²) in [6.07, 6.45) is 2.18. The number of nitrogens with one attached hydrogen (secondary N) is 5. The van der Waals surface area contributed by atoms with Gasteiger partial charge in [0.1, 0.15) is 17.8 Å². The van der Waals surface area contributed by atoms with Crippen molar-refractivity contribution in [2.24, 2.45) is 11.7 Å². The first-order valence-corrected chi connectivity index (χ1v) is 13.9. The minimum atomic E-state index is -1.18. The molecule has 0 aliphatic rings. The standard InChI is InChI=1S/C30H38N6O7/c1-17(2)11-25(30(42)43)36-29(41)24(13-19-14-32-23-6-4-3-5-21(19)23)35-27(39)16-33-26(38)15-34-28(40)22(31)12-18-7-9-20(37)10-8-18/h3-10,14,17,22,24-25,32,37H,11-13,15-16,31H2,1-2H3,(H,33,38)(H,34,40)(H,35,39)(H,36,41)(H,42,43)/t22-,24-,25-/m0/s1. The summed E-state index contributed by atoms with van der Waals surface area (Å²) in [5, 5.41) is 29.7. The molecule has 0 radical (unpaired) electrons. The molecule has 3 aromatic rings. The summed E-state index contributed by atoms with van der Waals surface area (Å²) in [7, 11) is 0. The van der Waals surface area contributed by atoms with Crippen LogP contribution in [0, 0.1) is 5.92 Å². The number of carbonyl (C=O) groups is 5. The number of phenols is 1. The quantitative estimate of drug-likeness (QED) is 0.122. The third-order valence-corrected chi connectivity index (χ3v) is 6.67. The van der Waals surface area contributed by atoms with Gasteiger partial charge in [0.15, 0.2) is 0 Å². The average Bonchev–Trinajstić information content (AvgIpc) is 3.37. The lowest BCUT2D eigenvalue weighted by atomic mass is 10.0. The lowest BCUT2D eigenvalue weighted by Gasteiger charge is -2.22. The molecular formula is C30H38N6O7. The Hall–Kier alpha value is -4.91. The number of carboxylic acid groups (broad SMARTS) is 1. The number of aromatic hydroxyl groups is 1. The predicted molar refractivity (Wildman–Crippen MR) is 159 cm³/mol. The van der Waals surface area contributed by atoms with Crippen molar-refractivity contribution >= 4 is 40.5 Å². The maximum absolute atomic E-state index is 13.2. The molecule has 4 amide bonds. The molecule has 0 aliphatic carbocycles. The van der Waals surface area contributed by atoms with Crippen LogP contribution in [0.25, 0.3) is 10.9 Å². The number of phenolic OH excluding ortho intramolecular Hbond substituents is 1. The summed E-state index contributed by atoms with van der Waals surface area (Å²) >= 11 is 0. The summed E-state index contributed by atoms with van der Waals surface area (Å²) in [6.45, 7) is 2.76. The Kier molecular flexibility index (Phi) is 11.6. The average molecular weight is 595 g/mol. The summed E-state index contributed by atoms with van der Waals surface area (Å²) in [6, 6.07) is 10.4. The van der Waals surface area contributed by atoms with Crippen molar-refractivity contribution in [3.05, 3.63) is 65.9 Å². The molecule has 2 aromatic carbocycles. The van der Waals surface area contributed by atoms with Gasteiger partial charge in [0, 0.05) is 23.5 Å². The molecule has 13 nitrogen and oxygen atoms in total. The number of carboxylic acids is 1. The summed E-state index contributed by atoms with van der Waals surface area (Å²) in [5.41, 5.74) is 8.20. The highest BCUT2D eigenvalue weighted by Crippen LogP contribution is 2.19. The lowest BCUT2D eigenvalue weighted by molar-refractivity contribution is -0.142. The summed E-state index contributed by atoms with van der Waals surface area (Å²) in [5.74, 6) is -3.67. The first kappa shape index (κ1) is 32.6. The number of rotatable bonds is 15. The van der Waals surface area contributed by atoms with Gasteiger partial charge < -0.3 is 42.2 Å². The minimum Gasteiger partial charge on any atom is -0.508 e. The molecule has 1 aromatic heterocycles. The van der Waals surface area contributed by atoms with E-state index in [1.807, 2.05) is 38.1 Å². The lowest BCUT2D eigenvalue weighted by Crippen LogP contribution is -2.54. The molecule has 0 saturated heterocycles. The Labute approximate surface area is 248 Å². The van der Waals surface area contributed by atoms with Crippen LogP contribution in [0.3, 0.4) is 0 Å². The van der Waals surface area contributed by atoms with Crippen molar-refractivity contribution in [3.8, 4) is 5.75 Å². The Morgan fingerprint density at radius 2 is 1.51 bits per heavy atom. The predicted octanol–water partition coefficient (Wildman–Crippen LogP) is 0.319. The Morgan fingerprint density at radius 3 is 2.19 bits per heavy atom. The number of benzene rings is 2. The number of carbonyl (C=O) groups excluding carboxylic acids is 4. The number of amides is 4. The molecule has 13 heteroatoms. The van der Waals surface area contributed by atoms with Crippen LogP contribution >= 0.6 is 0 Å². The molecule has 0 bridgehead atoms. The molecule has 0 spiro atoms. The van der Waals surface area contributed by atoms with E-state index in [4.69, 9.17) is 5.73 Å². The highest BCUT2D eigenvalue weighted by Gasteiger charge is 2.28. The number of aliphatic carboxylic acids is 1. The fourth-order valence-corrected chi connectivity index (χ4v) is 4.46. The second kappa shape index (κ2) is 15.4. The highest BCUT2D eigenvalue weighted by molar-refractivity contribution is 5.94. The number of fused-ring (bicyclic) bond motifs is 1. The fraction of sp³-hybridized carbons (Fsp3) is 0.367. The van der Waals surface area contributed by atoms with Gasteiger partial charge in [-0.2, -0.15) is 0 Å². The minimum absolute atomic E-state index is 0.00104. The van der Waals surface area contributed by atoms with Crippen LogP contribution < -0.4 is 27.0 Å². The number of aromatic amines is 1. The third kappa shape index (κ3) is 10.1. The van der Waals surface area contributed by atoms with Gasteiger partial charge in [0.25, 0.3) is 0 Å². The number of H-pyrrole nitrogens is 1. The van der Waals surface area contributed by atoms with Gasteiger partial charge in [0.2, 0.25) is 23.6 Å². The van der Waals surface area contributed by atoms with E-state index in [0.29, 0.717) is 0 Å². The number of hydrogen-bond acceptors (Lipinski definition) is 7. The number of nitrogens with two attached hydrogens (primary N) is 1. The smallest absolute Gasteiger partial charge is 0.326 e. The molecule has 3 rings (SSSR count). The third-order valence-electron chi connectivity index (χ3n) is 6.67. The molecule has 0 fully saturated rings. The Morgan fingerprint density at radius 1 is 0.837 bits per heavy atom. The molecule has 9 N–H and O–H groups in total. The van der Waals surface area contributed by atoms with Crippen molar-refractivity contribution in [3.63, 3.8) is 0 Å². The van der Waals surface area contributed by atoms with Crippen molar-refractivity contribution in [1.82, 2.24) is 26.3 Å². The zero-order valence-electron chi connectivity index (χ0n) is 24.1. The van der Waals surface area contributed by atoms with Crippen molar-refractivity contribution in [2.45, 2.75) is 51.2 Å². The zero-order chi connectivity index (χ0) is 31.5. The van der Waals surface area contributed by atoms with Gasteiger partial charge in [-0.15, -0.1) is 0 Å². The van der Waals surface area contributed by atoms with Gasteiger partial charge in [-0.1, -0.05) is 44.2 Å². The normalized spacial score (nSPS) is 13.1. The molecule has 43 heavy (non-hydrogen) atoms. The molecule has 230 valence electrons. The van der Waals surface area contributed by atoms with Crippen LogP contribution in [0.5, 0.6) is 5.75 Å². The van der Waals surface area contributed by atoms with Gasteiger partial charge in [-0.05, 0) is 48.1 Å². The maximum Gasteiger partial charge on any atom is 0.326 e. The van der Waals surface area contributed by atoms with Crippen LogP contribution in [0.15, 0.2) is 54.7 Å². The van der Waals surface area contributed by atoms with E-state index >= 15 is 0 Å². The van der Waals surface area contributed by atoms with Crippen molar-refractivity contribution < 1.29 is 34.2 Å². The Bertz CT molecular complexity index is 1440. The fourth-order valence-electron chi connectivity index (χ4n) is 4.46. The molecular weight excluding hydrogens is 556 g/mol. The first-order chi connectivity index (χ1) is 20.4.